The van der Waals surface area contributed by atoms with Crippen LogP contribution in [0.4, 0.5) is 0 Å². The Kier molecular flexibility index (Phi) is 7.31. The van der Waals surface area contributed by atoms with Crippen LogP contribution in [0.2, 0.25) is 0 Å². The number of carbonyl (C=O) groups is 2. The summed E-state index contributed by atoms with van der Waals surface area (Å²) >= 11 is 5.48. The normalized spacial score (nSPS) is 13.6. The molecule has 1 rings (SSSR count). The molecule has 0 amide bonds. The quantitative estimate of drug-likeness (QED) is 0.544. The zero-order chi connectivity index (χ0) is 15.0. The Morgan fingerprint density at radius 1 is 1.25 bits per heavy atom. The molecule has 3 nitrogen and oxygen atoms in total. The van der Waals surface area contributed by atoms with Crippen molar-refractivity contribution in [2.45, 2.75) is 33.1 Å². The molecule has 0 bridgehead atoms. The summed E-state index contributed by atoms with van der Waals surface area (Å²) in [6, 6.07) is 9.95. The molecule has 2 atom stereocenters. The third-order valence-electron chi connectivity index (χ3n) is 3.27. The second-order valence-corrected chi connectivity index (χ2v) is 5.29. The predicted octanol–water partition coefficient (Wildman–Crippen LogP) is 3.59. The Morgan fingerprint density at radius 3 is 2.45 bits per heavy atom. The number of carbonyl (C=O) groups excluding carboxylic acids is 2. The molecule has 1 aromatic rings. The molecule has 110 valence electrons. The lowest BCUT2D eigenvalue weighted by atomic mass is 9.91. The largest absolute Gasteiger partial charge is 0.466 e. The number of benzene rings is 1. The maximum absolute atomic E-state index is 11.9. The van der Waals surface area contributed by atoms with Gasteiger partial charge in [0.1, 0.15) is 0 Å². The summed E-state index contributed by atoms with van der Waals surface area (Å²) in [6.07, 6.45) is 1.89. The lowest BCUT2D eigenvalue weighted by molar-refractivity contribution is -0.148. The third-order valence-corrected chi connectivity index (χ3v) is 3.64. The molecular formula is C16H21ClO3. The van der Waals surface area contributed by atoms with Crippen molar-refractivity contribution >= 4 is 22.8 Å². The van der Waals surface area contributed by atoms with Gasteiger partial charge in [-0.05, 0) is 43.4 Å². The second-order valence-electron chi connectivity index (χ2n) is 4.91. The van der Waals surface area contributed by atoms with Crippen molar-refractivity contribution in [1.29, 1.82) is 0 Å². The van der Waals surface area contributed by atoms with Crippen molar-refractivity contribution in [3.63, 3.8) is 0 Å². The van der Waals surface area contributed by atoms with Gasteiger partial charge in [0.05, 0.1) is 12.5 Å². The van der Waals surface area contributed by atoms with Crippen LogP contribution in [-0.4, -0.2) is 17.8 Å². The van der Waals surface area contributed by atoms with Crippen LogP contribution in [0.5, 0.6) is 0 Å². The summed E-state index contributed by atoms with van der Waals surface area (Å²) in [6.45, 7) is 3.87. The van der Waals surface area contributed by atoms with Crippen LogP contribution in [0, 0.1) is 11.8 Å². The second kappa shape index (κ2) is 8.75. The SMILES string of the molecule is CCOC(=O)[C@H](CCc1ccccc1)C[C@@H](C)C(=O)Cl. The minimum absolute atomic E-state index is 0.242. The van der Waals surface area contributed by atoms with E-state index in [9.17, 15) is 9.59 Å². The molecule has 0 aliphatic carbocycles. The predicted molar refractivity (Wildman–Crippen MR) is 79.5 cm³/mol. The van der Waals surface area contributed by atoms with Crippen LogP contribution >= 0.6 is 11.6 Å². The molecule has 4 heteroatoms. The summed E-state index contributed by atoms with van der Waals surface area (Å²) in [5.41, 5.74) is 1.17. The van der Waals surface area contributed by atoms with E-state index in [1.54, 1.807) is 13.8 Å². The molecule has 0 saturated carbocycles. The number of hydrogen-bond acceptors (Lipinski definition) is 3. The first kappa shape index (κ1) is 16.7. The standard InChI is InChI=1S/C16H21ClO3/c1-3-20-16(19)14(11-12(2)15(17)18)10-9-13-7-5-4-6-8-13/h4-8,12,14H,3,9-11H2,1-2H3/t12-,14-/m1/s1. The van der Waals surface area contributed by atoms with Crippen LogP contribution < -0.4 is 0 Å². The third kappa shape index (κ3) is 5.74. The maximum atomic E-state index is 11.9. The van der Waals surface area contributed by atoms with Crippen LogP contribution in [0.15, 0.2) is 30.3 Å². The summed E-state index contributed by atoms with van der Waals surface area (Å²) in [4.78, 5) is 23.1. The van der Waals surface area contributed by atoms with Crippen molar-refractivity contribution in [1.82, 2.24) is 0 Å². The molecule has 0 saturated heterocycles. The van der Waals surface area contributed by atoms with E-state index in [1.165, 1.54) is 5.56 Å². The van der Waals surface area contributed by atoms with Gasteiger partial charge in [-0.15, -0.1) is 0 Å². The van der Waals surface area contributed by atoms with Crippen LogP contribution in [0.1, 0.15) is 32.3 Å². The Hall–Kier alpha value is -1.35. The average molecular weight is 297 g/mol. The van der Waals surface area contributed by atoms with Gasteiger partial charge in [-0.3, -0.25) is 9.59 Å². The Labute approximate surface area is 125 Å². The van der Waals surface area contributed by atoms with Gasteiger partial charge in [-0.1, -0.05) is 37.3 Å². The lowest BCUT2D eigenvalue weighted by Gasteiger charge is -2.17. The number of ether oxygens (including phenoxy) is 1. The molecule has 0 aliphatic rings. The van der Waals surface area contributed by atoms with Gasteiger partial charge < -0.3 is 4.74 Å². The molecule has 0 aromatic heterocycles. The Balaban J connectivity index is 2.62. The van der Waals surface area contributed by atoms with Crippen LogP contribution in [0.25, 0.3) is 0 Å². The highest BCUT2D eigenvalue weighted by Gasteiger charge is 2.24. The summed E-state index contributed by atoms with van der Waals surface area (Å²) in [5, 5.41) is -0.404. The average Bonchev–Trinajstić information content (AvgIpc) is 2.44. The highest BCUT2D eigenvalue weighted by molar-refractivity contribution is 6.63. The van der Waals surface area contributed by atoms with E-state index >= 15 is 0 Å². The lowest BCUT2D eigenvalue weighted by Crippen LogP contribution is -2.22. The molecule has 0 fully saturated rings. The van der Waals surface area contributed by atoms with Crippen molar-refractivity contribution in [2.24, 2.45) is 11.8 Å². The fourth-order valence-corrected chi connectivity index (χ4v) is 2.19. The topological polar surface area (TPSA) is 43.4 Å². The van der Waals surface area contributed by atoms with Gasteiger partial charge in [-0.25, -0.2) is 0 Å². The monoisotopic (exact) mass is 296 g/mol. The van der Waals surface area contributed by atoms with Gasteiger partial charge in [-0.2, -0.15) is 0 Å². The fourth-order valence-electron chi connectivity index (χ4n) is 2.10. The van der Waals surface area contributed by atoms with Gasteiger partial charge in [0.2, 0.25) is 5.24 Å². The van der Waals surface area contributed by atoms with E-state index in [2.05, 4.69) is 0 Å². The van der Waals surface area contributed by atoms with Gasteiger partial charge in [0, 0.05) is 5.92 Å². The minimum Gasteiger partial charge on any atom is -0.466 e. The first-order valence-electron chi connectivity index (χ1n) is 6.94. The zero-order valence-corrected chi connectivity index (χ0v) is 12.7. The smallest absolute Gasteiger partial charge is 0.308 e. The highest BCUT2D eigenvalue weighted by Crippen LogP contribution is 2.21. The summed E-state index contributed by atoms with van der Waals surface area (Å²) in [7, 11) is 0. The molecule has 0 heterocycles. The van der Waals surface area contributed by atoms with E-state index in [-0.39, 0.29) is 17.8 Å². The fraction of sp³-hybridized carbons (Fsp3) is 0.500. The highest BCUT2D eigenvalue weighted by atomic mass is 35.5. The molecule has 0 unspecified atom stereocenters. The number of rotatable bonds is 8. The number of aryl methyl sites for hydroxylation is 1. The van der Waals surface area contributed by atoms with Crippen molar-refractivity contribution in [3.8, 4) is 0 Å². The van der Waals surface area contributed by atoms with E-state index in [0.29, 0.717) is 19.4 Å². The van der Waals surface area contributed by atoms with E-state index in [1.807, 2.05) is 30.3 Å². The van der Waals surface area contributed by atoms with Gasteiger partial charge in [0.25, 0.3) is 0 Å². The van der Waals surface area contributed by atoms with Gasteiger partial charge in [0.15, 0.2) is 0 Å². The van der Waals surface area contributed by atoms with E-state index in [0.717, 1.165) is 6.42 Å². The van der Waals surface area contributed by atoms with Crippen LogP contribution in [0.3, 0.4) is 0 Å². The summed E-state index contributed by atoms with van der Waals surface area (Å²) in [5.74, 6) is -0.858. The molecule has 0 spiro atoms. The Bertz CT molecular complexity index is 431. The van der Waals surface area contributed by atoms with Crippen molar-refractivity contribution in [2.75, 3.05) is 6.61 Å². The first-order valence-corrected chi connectivity index (χ1v) is 7.32. The summed E-state index contributed by atoms with van der Waals surface area (Å²) < 4.78 is 5.08. The molecule has 0 radical (unpaired) electrons. The molecule has 20 heavy (non-hydrogen) atoms. The van der Waals surface area contributed by atoms with Crippen molar-refractivity contribution in [3.05, 3.63) is 35.9 Å². The first-order chi connectivity index (χ1) is 9.54. The zero-order valence-electron chi connectivity index (χ0n) is 12.0. The molecular weight excluding hydrogens is 276 g/mol. The minimum atomic E-state index is -0.404. The van der Waals surface area contributed by atoms with Crippen LogP contribution in [-0.2, 0) is 20.7 Å². The van der Waals surface area contributed by atoms with Crippen molar-refractivity contribution < 1.29 is 14.3 Å². The van der Waals surface area contributed by atoms with E-state index in [4.69, 9.17) is 16.3 Å². The van der Waals surface area contributed by atoms with E-state index < -0.39 is 5.24 Å². The maximum Gasteiger partial charge on any atom is 0.308 e. The number of halogens is 1. The molecule has 0 aliphatic heterocycles. The Morgan fingerprint density at radius 2 is 1.90 bits per heavy atom. The number of esters is 1. The molecule has 0 N–H and O–H groups in total. The number of hydrogen-bond donors (Lipinski definition) is 0. The molecule has 1 aromatic carbocycles. The van der Waals surface area contributed by atoms with Gasteiger partial charge >= 0.3 is 5.97 Å².